The quantitative estimate of drug-likeness (QED) is 0.484. The van der Waals surface area contributed by atoms with Crippen molar-refractivity contribution in [3.63, 3.8) is 0 Å². The van der Waals surface area contributed by atoms with Crippen LogP contribution in [0.1, 0.15) is 20.0 Å². The maximum absolute atomic E-state index is 13.1. The Bertz CT molecular complexity index is 975. The summed E-state index contributed by atoms with van der Waals surface area (Å²) in [5.41, 5.74) is 1.33. The fourth-order valence-electron chi connectivity index (χ4n) is 2.36. The zero-order chi connectivity index (χ0) is 19.9. The fraction of sp³-hybridized carbons (Fsp3) is 0.158. The van der Waals surface area contributed by atoms with Crippen LogP contribution in [0, 0.1) is 5.82 Å². The van der Waals surface area contributed by atoms with Gasteiger partial charge in [0.15, 0.2) is 4.88 Å². The Hall–Kier alpha value is -3.33. The van der Waals surface area contributed by atoms with Gasteiger partial charge in [0.1, 0.15) is 23.9 Å². The number of nitrogens with one attached hydrogen (secondary N) is 1. The number of rotatable bonds is 7. The first kappa shape index (κ1) is 19.4. The summed E-state index contributed by atoms with van der Waals surface area (Å²) in [5, 5.41) is 6.58. The number of hydrogen-bond donors (Lipinski definition) is 1. The zero-order valence-electron chi connectivity index (χ0n) is 14.8. The Labute approximate surface area is 164 Å². The molecule has 0 bridgehead atoms. The number of carbonyl (C=O) groups is 2. The van der Waals surface area contributed by atoms with Gasteiger partial charge in [-0.25, -0.2) is 9.18 Å². The molecule has 0 spiro atoms. The molecular weight excluding hydrogens is 385 g/mol. The van der Waals surface area contributed by atoms with Crippen molar-refractivity contribution in [1.82, 2.24) is 14.9 Å². The van der Waals surface area contributed by atoms with Gasteiger partial charge < -0.3 is 14.8 Å². The van der Waals surface area contributed by atoms with Crippen molar-refractivity contribution in [2.75, 3.05) is 20.3 Å². The first-order valence-electron chi connectivity index (χ1n) is 8.26. The second-order valence-corrected chi connectivity index (χ2v) is 6.34. The number of halogens is 1. The van der Waals surface area contributed by atoms with Gasteiger partial charge in [0.2, 0.25) is 0 Å². The van der Waals surface area contributed by atoms with Crippen LogP contribution in [0.25, 0.3) is 11.3 Å². The van der Waals surface area contributed by atoms with E-state index in [1.54, 1.807) is 24.3 Å². The van der Waals surface area contributed by atoms with Crippen molar-refractivity contribution in [2.24, 2.45) is 0 Å². The highest BCUT2D eigenvalue weighted by Crippen LogP contribution is 2.24. The number of methoxy groups -OCH3 is 1. The number of hydrogen-bond acceptors (Lipinski definition) is 7. The third-order valence-corrected chi connectivity index (χ3v) is 4.45. The first-order valence-corrected chi connectivity index (χ1v) is 9.03. The van der Waals surface area contributed by atoms with Gasteiger partial charge in [-0.1, -0.05) is 10.6 Å². The molecule has 28 heavy (non-hydrogen) atoms. The monoisotopic (exact) mass is 401 g/mol. The second-order valence-electron chi connectivity index (χ2n) is 5.58. The van der Waals surface area contributed by atoms with Crippen LogP contribution in [0.2, 0.25) is 0 Å². The van der Waals surface area contributed by atoms with Crippen LogP contribution in [0.4, 0.5) is 4.39 Å². The topological polar surface area (TPSA) is 90.4 Å². The van der Waals surface area contributed by atoms with E-state index in [4.69, 9.17) is 9.47 Å². The van der Waals surface area contributed by atoms with E-state index in [9.17, 15) is 14.0 Å². The second kappa shape index (κ2) is 9.05. The van der Waals surface area contributed by atoms with E-state index < -0.39 is 5.97 Å². The smallest absolute Gasteiger partial charge is 0.352 e. The minimum Gasteiger partial charge on any atom is -0.497 e. The molecule has 0 atom stereocenters. The molecule has 1 heterocycles. The van der Waals surface area contributed by atoms with Crippen molar-refractivity contribution < 1.29 is 23.5 Å². The predicted molar refractivity (Wildman–Crippen MR) is 101 cm³/mol. The molecule has 0 saturated heterocycles. The molecule has 0 aliphatic carbocycles. The molecule has 7 nitrogen and oxygen atoms in total. The van der Waals surface area contributed by atoms with Crippen molar-refractivity contribution in [1.29, 1.82) is 0 Å². The molecule has 3 rings (SSSR count). The Morgan fingerprint density at radius 1 is 1.18 bits per heavy atom. The summed E-state index contributed by atoms with van der Waals surface area (Å²) < 4.78 is 27.1. The van der Waals surface area contributed by atoms with E-state index in [2.05, 4.69) is 14.9 Å². The van der Waals surface area contributed by atoms with E-state index in [-0.39, 0.29) is 29.8 Å². The molecule has 0 saturated carbocycles. The van der Waals surface area contributed by atoms with E-state index >= 15 is 0 Å². The number of benzene rings is 2. The highest BCUT2D eigenvalue weighted by Gasteiger charge is 2.19. The third kappa shape index (κ3) is 4.68. The summed E-state index contributed by atoms with van der Waals surface area (Å²) in [4.78, 5) is 24.6. The SMILES string of the molecule is COc1cccc(C(=O)NCCOC(=O)c2snnc2-c2ccc(F)cc2)c1. The fourth-order valence-corrected chi connectivity index (χ4v) is 2.94. The average molecular weight is 401 g/mol. The molecule has 144 valence electrons. The van der Waals surface area contributed by atoms with Crippen LogP contribution in [0.15, 0.2) is 48.5 Å². The maximum atomic E-state index is 13.1. The maximum Gasteiger partial charge on any atom is 0.352 e. The Kier molecular flexibility index (Phi) is 6.28. The molecule has 3 aromatic rings. The van der Waals surface area contributed by atoms with Crippen LogP contribution in [-0.2, 0) is 4.74 Å². The summed E-state index contributed by atoms with van der Waals surface area (Å²) in [7, 11) is 1.52. The van der Waals surface area contributed by atoms with Gasteiger partial charge in [0.05, 0.1) is 13.7 Å². The molecule has 0 aliphatic rings. The number of carbonyl (C=O) groups excluding carboxylic acids is 2. The molecule has 1 N–H and O–H groups in total. The van der Waals surface area contributed by atoms with Gasteiger partial charge in [-0.3, -0.25) is 4.79 Å². The summed E-state index contributed by atoms with van der Waals surface area (Å²) in [6.45, 7) is 0.120. The van der Waals surface area contributed by atoms with E-state index in [0.717, 1.165) is 11.5 Å². The Morgan fingerprint density at radius 2 is 1.96 bits per heavy atom. The predicted octanol–water partition coefficient (Wildman–Crippen LogP) is 2.94. The van der Waals surface area contributed by atoms with E-state index in [0.29, 0.717) is 22.6 Å². The molecule has 1 aromatic heterocycles. The number of esters is 1. The van der Waals surface area contributed by atoms with Crippen molar-refractivity contribution in [2.45, 2.75) is 0 Å². The number of ether oxygens (including phenoxy) is 2. The summed E-state index contributed by atoms with van der Waals surface area (Å²) in [5.74, 6) is -0.723. The largest absolute Gasteiger partial charge is 0.497 e. The molecule has 9 heteroatoms. The standard InChI is InChI=1S/C19H16FN3O4S/c1-26-15-4-2-3-13(11-15)18(24)21-9-10-27-19(25)17-16(22-23-28-17)12-5-7-14(20)8-6-12/h2-8,11H,9-10H2,1H3,(H,21,24). The molecule has 0 unspecified atom stereocenters. The minimum absolute atomic E-state index is 0.0186. The lowest BCUT2D eigenvalue weighted by Gasteiger charge is -2.07. The van der Waals surface area contributed by atoms with E-state index in [1.165, 1.54) is 31.4 Å². The summed E-state index contributed by atoms with van der Waals surface area (Å²) in [6.07, 6.45) is 0. The van der Waals surface area contributed by atoms with Gasteiger partial charge in [0, 0.05) is 11.1 Å². The molecule has 0 aliphatic heterocycles. The summed E-state index contributed by atoms with van der Waals surface area (Å²) in [6, 6.07) is 12.3. The Balaban J connectivity index is 1.53. The van der Waals surface area contributed by atoms with E-state index in [1.807, 2.05) is 0 Å². The Morgan fingerprint density at radius 3 is 2.71 bits per heavy atom. The van der Waals surface area contributed by atoms with Crippen LogP contribution in [-0.4, -0.2) is 41.7 Å². The molecule has 1 amide bonds. The van der Waals surface area contributed by atoms with Gasteiger partial charge in [-0.15, -0.1) is 5.10 Å². The van der Waals surface area contributed by atoms with Crippen LogP contribution in [0.5, 0.6) is 5.75 Å². The van der Waals surface area contributed by atoms with Gasteiger partial charge in [-0.2, -0.15) is 0 Å². The highest BCUT2D eigenvalue weighted by atomic mass is 32.1. The summed E-state index contributed by atoms with van der Waals surface area (Å²) >= 11 is 0.891. The number of amides is 1. The van der Waals surface area contributed by atoms with Crippen molar-refractivity contribution in [3.8, 4) is 17.0 Å². The van der Waals surface area contributed by atoms with Gasteiger partial charge >= 0.3 is 5.97 Å². The highest BCUT2D eigenvalue weighted by molar-refractivity contribution is 7.08. The number of aromatic nitrogens is 2. The molecule has 0 fully saturated rings. The lowest BCUT2D eigenvalue weighted by atomic mass is 10.1. The van der Waals surface area contributed by atoms with Crippen LogP contribution >= 0.6 is 11.5 Å². The van der Waals surface area contributed by atoms with Crippen LogP contribution in [0.3, 0.4) is 0 Å². The van der Waals surface area contributed by atoms with Gasteiger partial charge in [0.25, 0.3) is 5.91 Å². The van der Waals surface area contributed by atoms with Crippen LogP contribution < -0.4 is 10.1 Å². The molecular formula is C19H16FN3O4S. The van der Waals surface area contributed by atoms with Crippen molar-refractivity contribution in [3.05, 3.63) is 64.8 Å². The number of nitrogens with zero attached hydrogens (tertiary/aromatic N) is 2. The minimum atomic E-state index is -0.607. The normalized spacial score (nSPS) is 10.4. The molecule has 2 aromatic carbocycles. The van der Waals surface area contributed by atoms with Crippen molar-refractivity contribution >= 4 is 23.4 Å². The molecule has 0 radical (unpaired) electrons. The lowest BCUT2D eigenvalue weighted by molar-refractivity contribution is 0.0509. The zero-order valence-corrected chi connectivity index (χ0v) is 15.7. The lowest BCUT2D eigenvalue weighted by Crippen LogP contribution is -2.28. The first-order chi connectivity index (χ1) is 13.6. The third-order valence-electron chi connectivity index (χ3n) is 3.74. The van der Waals surface area contributed by atoms with Gasteiger partial charge in [-0.05, 0) is 54.0 Å². The average Bonchev–Trinajstić information content (AvgIpc) is 3.21.